The van der Waals surface area contributed by atoms with Crippen molar-refractivity contribution in [2.75, 3.05) is 7.11 Å². The summed E-state index contributed by atoms with van der Waals surface area (Å²) in [7, 11) is 1.34. The Balaban J connectivity index is 2.12. The number of carbonyl (C=O) groups excluding carboxylic acids is 1. The van der Waals surface area contributed by atoms with Crippen molar-refractivity contribution >= 4 is 32.8 Å². The number of aromatic amines is 1. The minimum atomic E-state index is -0.429. The normalized spacial score (nSPS) is 10.8. The standard InChI is InChI=1S/C16H11BrFNO2/c1-21-16(20)15-14(17)12-7-4-10(8-13(12)19-15)9-2-5-11(18)6-3-9/h2-8,19H,1H3. The maximum Gasteiger partial charge on any atom is 0.355 e. The van der Waals surface area contributed by atoms with Gasteiger partial charge in [0.2, 0.25) is 0 Å². The van der Waals surface area contributed by atoms with E-state index in [0.29, 0.717) is 10.2 Å². The van der Waals surface area contributed by atoms with E-state index >= 15 is 0 Å². The van der Waals surface area contributed by atoms with Gasteiger partial charge in [-0.3, -0.25) is 0 Å². The number of methoxy groups -OCH3 is 1. The SMILES string of the molecule is COC(=O)c1[nH]c2cc(-c3ccc(F)cc3)ccc2c1Br. The minimum absolute atomic E-state index is 0.268. The number of aromatic nitrogens is 1. The third-order valence-electron chi connectivity index (χ3n) is 3.30. The summed E-state index contributed by atoms with van der Waals surface area (Å²) in [6.07, 6.45) is 0. The molecule has 3 rings (SSSR count). The molecule has 1 heterocycles. The van der Waals surface area contributed by atoms with Crippen LogP contribution in [0.5, 0.6) is 0 Å². The molecule has 21 heavy (non-hydrogen) atoms. The molecule has 0 radical (unpaired) electrons. The highest BCUT2D eigenvalue weighted by atomic mass is 79.9. The Bertz CT molecular complexity index is 824. The maximum atomic E-state index is 13.0. The number of H-pyrrole nitrogens is 1. The molecule has 0 atom stereocenters. The van der Waals surface area contributed by atoms with Crippen LogP contribution in [-0.2, 0) is 4.74 Å². The number of hydrogen-bond acceptors (Lipinski definition) is 2. The van der Waals surface area contributed by atoms with E-state index in [0.717, 1.165) is 22.0 Å². The van der Waals surface area contributed by atoms with Crippen molar-refractivity contribution in [2.24, 2.45) is 0 Å². The molecule has 0 amide bonds. The fourth-order valence-electron chi connectivity index (χ4n) is 2.23. The van der Waals surface area contributed by atoms with Gasteiger partial charge in [-0.25, -0.2) is 9.18 Å². The predicted molar refractivity (Wildman–Crippen MR) is 82.7 cm³/mol. The van der Waals surface area contributed by atoms with Crippen LogP contribution in [0.1, 0.15) is 10.5 Å². The maximum absolute atomic E-state index is 13.0. The van der Waals surface area contributed by atoms with Gasteiger partial charge in [0.25, 0.3) is 0 Å². The van der Waals surface area contributed by atoms with E-state index in [4.69, 9.17) is 4.74 Å². The van der Waals surface area contributed by atoms with Crippen molar-refractivity contribution in [2.45, 2.75) is 0 Å². The number of nitrogens with one attached hydrogen (secondary N) is 1. The zero-order chi connectivity index (χ0) is 15.0. The molecule has 0 aliphatic heterocycles. The highest BCUT2D eigenvalue weighted by Crippen LogP contribution is 2.31. The second-order valence-corrected chi connectivity index (χ2v) is 5.37. The van der Waals surface area contributed by atoms with Gasteiger partial charge in [0.15, 0.2) is 0 Å². The van der Waals surface area contributed by atoms with Gasteiger partial charge >= 0.3 is 5.97 Å². The second-order valence-electron chi connectivity index (χ2n) is 4.57. The van der Waals surface area contributed by atoms with Crippen LogP contribution in [0.4, 0.5) is 4.39 Å². The Kier molecular flexibility index (Phi) is 3.51. The molecule has 0 unspecified atom stereocenters. The average Bonchev–Trinajstić information content (AvgIpc) is 2.84. The number of benzene rings is 2. The van der Waals surface area contributed by atoms with Gasteiger partial charge in [0.05, 0.1) is 11.6 Å². The van der Waals surface area contributed by atoms with Crippen LogP contribution in [0.2, 0.25) is 0 Å². The molecule has 0 saturated heterocycles. The summed E-state index contributed by atoms with van der Waals surface area (Å²) < 4.78 is 18.4. The largest absolute Gasteiger partial charge is 0.464 e. The van der Waals surface area contributed by atoms with E-state index in [-0.39, 0.29) is 5.82 Å². The number of carbonyl (C=O) groups is 1. The molecular weight excluding hydrogens is 337 g/mol. The van der Waals surface area contributed by atoms with Gasteiger partial charge in [-0.1, -0.05) is 24.3 Å². The van der Waals surface area contributed by atoms with Crippen LogP contribution in [0.15, 0.2) is 46.9 Å². The first-order valence-corrected chi connectivity index (χ1v) is 7.05. The van der Waals surface area contributed by atoms with Crippen molar-refractivity contribution in [1.29, 1.82) is 0 Å². The van der Waals surface area contributed by atoms with Crippen LogP contribution in [0.3, 0.4) is 0 Å². The minimum Gasteiger partial charge on any atom is -0.464 e. The van der Waals surface area contributed by atoms with Gasteiger partial charge in [-0.2, -0.15) is 0 Å². The average molecular weight is 348 g/mol. The van der Waals surface area contributed by atoms with E-state index in [1.807, 2.05) is 18.2 Å². The lowest BCUT2D eigenvalue weighted by molar-refractivity contribution is 0.0594. The number of fused-ring (bicyclic) bond motifs is 1. The molecule has 1 N–H and O–H groups in total. The summed E-state index contributed by atoms with van der Waals surface area (Å²) in [5, 5.41) is 0.890. The molecule has 2 aromatic carbocycles. The first-order chi connectivity index (χ1) is 10.1. The zero-order valence-corrected chi connectivity index (χ0v) is 12.7. The molecule has 0 aliphatic carbocycles. The van der Waals surface area contributed by atoms with E-state index in [2.05, 4.69) is 20.9 Å². The number of halogens is 2. The van der Waals surface area contributed by atoms with Crippen molar-refractivity contribution in [3.05, 3.63) is 58.4 Å². The Morgan fingerprint density at radius 3 is 2.48 bits per heavy atom. The summed E-state index contributed by atoms with van der Waals surface area (Å²) in [6.45, 7) is 0. The first kappa shape index (κ1) is 13.8. The van der Waals surface area contributed by atoms with Gasteiger partial charge in [0.1, 0.15) is 11.5 Å². The molecule has 0 fully saturated rings. The second kappa shape index (κ2) is 5.33. The summed E-state index contributed by atoms with van der Waals surface area (Å²) in [5.74, 6) is -0.697. The number of ether oxygens (including phenoxy) is 1. The third kappa shape index (κ3) is 2.45. The molecule has 0 bridgehead atoms. The summed E-state index contributed by atoms with van der Waals surface area (Å²) in [6, 6.07) is 12.0. The Morgan fingerprint density at radius 1 is 1.14 bits per heavy atom. The fourth-order valence-corrected chi connectivity index (χ4v) is 2.83. The van der Waals surface area contributed by atoms with Gasteiger partial charge in [-0.15, -0.1) is 0 Å². The smallest absolute Gasteiger partial charge is 0.355 e. The summed E-state index contributed by atoms with van der Waals surface area (Å²) in [5.41, 5.74) is 3.03. The molecule has 1 aromatic heterocycles. The highest BCUT2D eigenvalue weighted by Gasteiger charge is 2.16. The monoisotopic (exact) mass is 347 g/mol. The lowest BCUT2D eigenvalue weighted by atomic mass is 10.0. The predicted octanol–water partition coefficient (Wildman–Crippen LogP) is 4.52. The van der Waals surface area contributed by atoms with Crippen LogP contribution in [0, 0.1) is 5.82 Å². The van der Waals surface area contributed by atoms with Crippen LogP contribution in [0.25, 0.3) is 22.0 Å². The number of esters is 1. The van der Waals surface area contributed by atoms with E-state index in [9.17, 15) is 9.18 Å². The molecule has 3 aromatic rings. The topological polar surface area (TPSA) is 42.1 Å². The molecule has 0 aliphatic rings. The Morgan fingerprint density at radius 2 is 1.81 bits per heavy atom. The van der Waals surface area contributed by atoms with Gasteiger partial charge in [-0.05, 0) is 45.3 Å². The van der Waals surface area contributed by atoms with Crippen LogP contribution >= 0.6 is 15.9 Å². The molecule has 0 spiro atoms. The number of hydrogen-bond donors (Lipinski definition) is 1. The van der Waals surface area contributed by atoms with Gasteiger partial charge < -0.3 is 9.72 Å². The lowest BCUT2D eigenvalue weighted by Crippen LogP contribution is -2.01. The van der Waals surface area contributed by atoms with Crippen LogP contribution in [-0.4, -0.2) is 18.1 Å². The molecular formula is C16H11BrFNO2. The molecule has 106 valence electrons. The van der Waals surface area contributed by atoms with Gasteiger partial charge in [0, 0.05) is 10.9 Å². The first-order valence-electron chi connectivity index (χ1n) is 6.25. The van der Waals surface area contributed by atoms with E-state index in [1.165, 1.54) is 19.2 Å². The highest BCUT2D eigenvalue weighted by molar-refractivity contribution is 9.10. The summed E-state index contributed by atoms with van der Waals surface area (Å²) >= 11 is 3.40. The van der Waals surface area contributed by atoms with Crippen molar-refractivity contribution < 1.29 is 13.9 Å². The van der Waals surface area contributed by atoms with E-state index in [1.54, 1.807) is 12.1 Å². The van der Waals surface area contributed by atoms with Crippen molar-refractivity contribution in [1.82, 2.24) is 4.98 Å². The molecule has 3 nitrogen and oxygen atoms in total. The summed E-state index contributed by atoms with van der Waals surface area (Å²) in [4.78, 5) is 14.7. The Hall–Kier alpha value is -2.14. The van der Waals surface area contributed by atoms with Crippen molar-refractivity contribution in [3.63, 3.8) is 0 Å². The van der Waals surface area contributed by atoms with Crippen LogP contribution < -0.4 is 0 Å². The molecule has 0 saturated carbocycles. The van der Waals surface area contributed by atoms with Crippen molar-refractivity contribution in [3.8, 4) is 11.1 Å². The third-order valence-corrected chi connectivity index (χ3v) is 4.13. The molecule has 5 heteroatoms. The zero-order valence-electron chi connectivity index (χ0n) is 11.1. The fraction of sp³-hybridized carbons (Fsp3) is 0.0625. The quantitative estimate of drug-likeness (QED) is 0.692. The lowest BCUT2D eigenvalue weighted by Gasteiger charge is -2.02. The number of rotatable bonds is 2. The van der Waals surface area contributed by atoms with E-state index < -0.39 is 5.97 Å². The Labute approximate surface area is 128 Å².